The number of H-pyrrole nitrogens is 1. The minimum atomic E-state index is -0.667. The van der Waals surface area contributed by atoms with Gasteiger partial charge in [-0.25, -0.2) is 4.98 Å². The molecule has 0 aliphatic heterocycles. The summed E-state index contributed by atoms with van der Waals surface area (Å²) in [5, 5.41) is 14.0. The van der Waals surface area contributed by atoms with Crippen molar-refractivity contribution in [2.75, 3.05) is 26.1 Å². The van der Waals surface area contributed by atoms with Gasteiger partial charge in [0.05, 0.1) is 31.4 Å². The molecule has 0 saturated carbocycles. The number of benzene rings is 2. The zero-order chi connectivity index (χ0) is 17.1. The number of aliphatic hydroxyl groups is 1. The molecule has 0 saturated heterocycles. The Bertz CT molecular complexity index is 792. The van der Waals surface area contributed by atoms with Crippen LogP contribution in [0.1, 0.15) is 11.7 Å². The van der Waals surface area contributed by atoms with Crippen LogP contribution in [0.25, 0.3) is 11.0 Å². The highest BCUT2D eigenvalue weighted by atomic mass is 35.5. The Kier molecular flexibility index (Phi) is 4.78. The van der Waals surface area contributed by atoms with Crippen molar-refractivity contribution in [3.63, 3.8) is 0 Å². The molecule has 0 aliphatic carbocycles. The molecule has 1 aromatic heterocycles. The molecular formula is C17H18ClN3O3. The minimum absolute atomic E-state index is 0.315. The zero-order valence-electron chi connectivity index (χ0n) is 13.3. The van der Waals surface area contributed by atoms with Crippen LogP contribution in [0.3, 0.4) is 0 Å². The van der Waals surface area contributed by atoms with Gasteiger partial charge in [-0.15, -0.1) is 0 Å². The van der Waals surface area contributed by atoms with E-state index in [1.807, 2.05) is 6.07 Å². The summed E-state index contributed by atoms with van der Waals surface area (Å²) in [6.07, 6.45) is -0.667. The molecule has 0 radical (unpaired) electrons. The highest BCUT2D eigenvalue weighted by molar-refractivity contribution is 6.30. The lowest BCUT2D eigenvalue weighted by atomic mass is 10.1. The molecule has 6 nitrogen and oxygen atoms in total. The monoisotopic (exact) mass is 347 g/mol. The first-order chi connectivity index (χ1) is 11.6. The van der Waals surface area contributed by atoms with Crippen molar-refractivity contribution in [1.82, 2.24) is 9.97 Å². The molecule has 126 valence electrons. The van der Waals surface area contributed by atoms with E-state index in [2.05, 4.69) is 15.3 Å². The Hall–Kier alpha value is -2.44. The summed E-state index contributed by atoms with van der Waals surface area (Å²) in [7, 11) is 3.17. The summed E-state index contributed by atoms with van der Waals surface area (Å²) in [6, 6.07) is 10.7. The van der Waals surface area contributed by atoms with Crippen LogP contribution in [0, 0.1) is 0 Å². The van der Waals surface area contributed by atoms with Gasteiger partial charge in [0.15, 0.2) is 11.5 Å². The molecule has 0 spiro atoms. The van der Waals surface area contributed by atoms with Gasteiger partial charge in [0, 0.05) is 23.7 Å². The van der Waals surface area contributed by atoms with Crippen LogP contribution < -0.4 is 14.8 Å². The highest BCUT2D eigenvalue weighted by Gasteiger charge is 2.12. The summed E-state index contributed by atoms with van der Waals surface area (Å²) < 4.78 is 10.5. The lowest BCUT2D eigenvalue weighted by Gasteiger charge is -2.11. The Labute approximate surface area is 144 Å². The molecule has 1 heterocycles. The maximum absolute atomic E-state index is 10.2. The predicted molar refractivity (Wildman–Crippen MR) is 94.1 cm³/mol. The fraction of sp³-hybridized carbons (Fsp3) is 0.235. The molecule has 0 amide bonds. The number of imidazole rings is 1. The summed E-state index contributed by atoms with van der Waals surface area (Å²) in [5.74, 6) is 1.80. The number of methoxy groups -OCH3 is 2. The third-order valence-electron chi connectivity index (χ3n) is 3.70. The van der Waals surface area contributed by atoms with Crippen molar-refractivity contribution in [3.8, 4) is 11.5 Å². The zero-order valence-corrected chi connectivity index (χ0v) is 14.1. The van der Waals surface area contributed by atoms with Crippen LogP contribution in [-0.4, -0.2) is 35.8 Å². The lowest BCUT2D eigenvalue weighted by molar-refractivity contribution is 0.191. The average Bonchev–Trinajstić information content (AvgIpc) is 3.00. The van der Waals surface area contributed by atoms with Crippen LogP contribution in [0.4, 0.5) is 5.95 Å². The second-order valence-electron chi connectivity index (χ2n) is 5.26. The molecule has 3 N–H and O–H groups in total. The van der Waals surface area contributed by atoms with Gasteiger partial charge in [-0.1, -0.05) is 23.7 Å². The molecule has 0 bridgehead atoms. The van der Waals surface area contributed by atoms with Gasteiger partial charge in [-0.3, -0.25) is 0 Å². The summed E-state index contributed by atoms with van der Waals surface area (Å²) in [5.41, 5.74) is 2.35. The number of hydrogen-bond acceptors (Lipinski definition) is 5. The van der Waals surface area contributed by atoms with Gasteiger partial charge >= 0.3 is 0 Å². The van der Waals surface area contributed by atoms with Crippen molar-refractivity contribution in [1.29, 1.82) is 0 Å². The van der Waals surface area contributed by atoms with E-state index in [1.54, 1.807) is 44.6 Å². The molecule has 3 rings (SSSR count). The van der Waals surface area contributed by atoms with Crippen LogP contribution in [-0.2, 0) is 0 Å². The van der Waals surface area contributed by atoms with Gasteiger partial charge in [0.2, 0.25) is 5.95 Å². The van der Waals surface area contributed by atoms with E-state index >= 15 is 0 Å². The number of aromatic amines is 1. The van der Waals surface area contributed by atoms with Gasteiger partial charge in [-0.2, -0.15) is 0 Å². The van der Waals surface area contributed by atoms with Crippen molar-refractivity contribution in [2.45, 2.75) is 6.10 Å². The Morgan fingerprint density at radius 2 is 1.83 bits per heavy atom. The fourth-order valence-corrected chi connectivity index (χ4v) is 2.54. The first-order valence-corrected chi connectivity index (χ1v) is 7.77. The van der Waals surface area contributed by atoms with E-state index < -0.39 is 6.10 Å². The van der Waals surface area contributed by atoms with Crippen molar-refractivity contribution >= 4 is 28.6 Å². The summed E-state index contributed by atoms with van der Waals surface area (Å²) >= 11 is 5.85. The number of aliphatic hydroxyl groups excluding tert-OH is 1. The maximum Gasteiger partial charge on any atom is 0.201 e. The fourth-order valence-electron chi connectivity index (χ4n) is 2.42. The topological polar surface area (TPSA) is 79.4 Å². The number of nitrogens with one attached hydrogen (secondary N) is 2. The van der Waals surface area contributed by atoms with Crippen molar-refractivity contribution in [2.24, 2.45) is 0 Å². The van der Waals surface area contributed by atoms with E-state index in [4.69, 9.17) is 21.1 Å². The third kappa shape index (κ3) is 3.39. The van der Waals surface area contributed by atoms with Gasteiger partial charge in [0.25, 0.3) is 0 Å². The normalized spacial score (nSPS) is 12.2. The molecule has 2 aromatic carbocycles. The average molecular weight is 348 g/mol. The number of rotatable bonds is 6. The number of ether oxygens (including phenoxy) is 2. The highest BCUT2D eigenvalue weighted by Crippen LogP contribution is 2.31. The number of anilines is 1. The van der Waals surface area contributed by atoms with Gasteiger partial charge < -0.3 is 24.9 Å². The molecule has 24 heavy (non-hydrogen) atoms. The van der Waals surface area contributed by atoms with Gasteiger partial charge in [0.1, 0.15) is 0 Å². The third-order valence-corrected chi connectivity index (χ3v) is 3.96. The SMILES string of the molecule is COc1cc2nc(NCC(O)c3ccc(Cl)cc3)[nH]c2cc1OC. The number of fused-ring (bicyclic) bond motifs is 1. The molecule has 1 unspecified atom stereocenters. The van der Waals surface area contributed by atoms with Crippen LogP contribution >= 0.6 is 11.6 Å². The number of aromatic nitrogens is 2. The number of hydrogen-bond donors (Lipinski definition) is 3. The van der Waals surface area contributed by atoms with Crippen LogP contribution in [0.15, 0.2) is 36.4 Å². The molecule has 7 heteroatoms. The molecular weight excluding hydrogens is 330 g/mol. The van der Waals surface area contributed by atoms with Crippen LogP contribution in [0.5, 0.6) is 11.5 Å². The van der Waals surface area contributed by atoms with E-state index in [9.17, 15) is 5.11 Å². The molecule has 1 atom stereocenters. The Morgan fingerprint density at radius 3 is 2.50 bits per heavy atom. The van der Waals surface area contributed by atoms with E-state index in [1.165, 1.54) is 0 Å². The molecule has 0 aliphatic rings. The molecule has 3 aromatic rings. The largest absolute Gasteiger partial charge is 0.493 e. The quantitative estimate of drug-likeness (QED) is 0.637. The summed E-state index contributed by atoms with van der Waals surface area (Å²) in [6.45, 7) is 0.315. The minimum Gasteiger partial charge on any atom is -0.493 e. The lowest BCUT2D eigenvalue weighted by Crippen LogP contribution is -2.12. The van der Waals surface area contributed by atoms with E-state index in [0.717, 1.165) is 16.6 Å². The van der Waals surface area contributed by atoms with Crippen LogP contribution in [0.2, 0.25) is 5.02 Å². The van der Waals surface area contributed by atoms with E-state index in [-0.39, 0.29) is 0 Å². The van der Waals surface area contributed by atoms with Crippen molar-refractivity contribution < 1.29 is 14.6 Å². The maximum atomic E-state index is 10.2. The van der Waals surface area contributed by atoms with E-state index in [0.29, 0.717) is 29.0 Å². The standard InChI is InChI=1S/C17H18ClN3O3/c1-23-15-7-12-13(8-16(15)24-2)21-17(20-12)19-9-14(22)10-3-5-11(18)6-4-10/h3-8,14,22H,9H2,1-2H3,(H2,19,20,21). The summed E-state index contributed by atoms with van der Waals surface area (Å²) in [4.78, 5) is 7.59. The number of nitrogens with zero attached hydrogens (tertiary/aromatic N) is 1. The predicted octanol–water partition coefficient (Wildman–Crippen LogP) is 3.38. The first-order valence-electron chi connectivity index (χ1n) is 7.40. The Balaban J connectivity index is 1.74. The Morgan fingerprint density at radius 1 is 1.17 bits per heavy atom. The second-order valence-corrected chi connectivity index (χ2v) is 5.69. The first kappa shape index (κ1) is 16.4. The number of halogens is 1. The molecule has 0 fully saturated rings. The van der Waals surface area contributed by atoms with Gasteiger partial charge in [-0.05, 0) is 17.7 Å². The van der Waals surface area contributed by atoms with Crippen molar-refractivity contribution in [3.05, 3.63) is 47.0 Å². The second kappa shape index (κ2) is 6.98. The smallest absolute Gasteiger partial charge is 0.201 e.